The average molecular weight is 238 g/mol. The predicted octanol–water partition coefficient (Wildman–Crippen LogP) is 3.68. The molecule has 5 heteroatoms. The number of rotatable bonds is 2. The number of hydrogen-bond donors (Lipinski definition) is 2. The summed E-state index contributed by atoms with van der Waals surface area (Å²) in [6.07, 6.45) is 1.74. The first-order chi connectivity index (χ1) is 8.81. The van der Waals surface area contributed by atoms with Crippen molar-refractivity contribution in [3.63, 3.8) is 0 Å². The normalized spacial score (nSPS) is 11.3. The zero-order chi connectivity index (χ0) is 12.4. The molecule has 2 N–H and O–H groups in total. The Kier molecular flexibility index (Phi) is 2.49. The van der Waals surface area contributed by atoms with Gasteiger partial charge >= 0.3 is 0 Å². The number of hydrogen-bond acceptors (Lipinski definition) is 4. The first-order valence-corrected chi connectivity index (χ1v) is 5.45. The summed E-state index contributed by atoms with van der Waals surface area (Å²) in [5.74, 6) is 0.216. The van der Waals surface area contributed by atoms with Gasteiger partial charge in [0.1, 0.15) is 5.75 Å². The van der Waals surface area contributed by atoms with Crippen molar-refractivity contribution in [1.82, 2.24) is 10.2 Å². The average Bonchev–Trinajstić information content (AvgIpc) is 2.85. The molecule has 3 rings (SSSR count). The lowest BCUT2D eigenvalue weighted by Gasteiger charge is -1.94. The van der Waals surface area contributed by atoms with E-state index in [9.17, 15) is 0 Å². The highest BCUT2D eigenvalue weighted by atomic mass is 16.3. The molecule has 0 radical (unpaired) electrons. The molecule has 2 aromatic carbocycles. The highest BCUT2D eigenvalue weighted by Crippen LogP contribution is 2.23. The monoisotopic (exact) mass is 238 g/mol. The summed E-state index contributed by atoms with van der Waals surface area (Å²) in [5.41, 5.74) is 2.43. The van der Waals surface area contributed by atoms with Crippen LogP contribution in [0.1, 0.15) is 0 Å². The van der Waals surface area contributed by atoms with Crippen molar-refractivity contribution in [3.05, 3.63) is 48.7 Å². The number of aromatic hydroxyl groups is 1. The van der Waals surface area contributed by atoms with Gasteiger partial charge in [0.05, 0.1) is 23.1 Å². The van der Waals surface area contributed by atoms with Crippen LogP contribution < -0.4 is 0 Å². The Morgan fingerprint density at radius 1 is 0.944 bits per heavy atom. The lowest BCUT2D eigenvalue weighted by Crippen LogP contribution is -1.68. The van der Waals surface area contributed by atoms with Crippen molar-refractivity contribution in [2.45, 2.75) is 0 Å². The van der Waals surface area contributed by atoms with Crippen molar-refractivity contribution >= 4 is 22.3 Å². The number of aromatic amines is 1. The van der Waals surface area contributed by atoms with E-state index in [-0.39, 0.29) is 5.75 Å². The van der Waals surface area contributed by atoms with Gasteiger partial charge in [0.25, 0.3) is 0 Å². The maximum Gasteiger partial charge on any atom is 0.115 e. The van der Waals surface area contributed by atoms with Crippen LogP contribution in [-0.4, -0.2) is 15.3 Å². The van der Waals surface area contributed by atoms with Crippen molar-refractivity contribution in [3.8, 4) is 5.75 Å². The highest BCUT2D eigenvalue weighted by molar-refractivity contribution is 5.80. The Hall–Kier alpha value is -2.69. The molecule has 0 aliphatic heterocycles. The molecule has 0 saturated heterocycles. The van der Waals surface area contributed by atoms with Crippen LogP contribution in [0, 0.1) is 0 Å². The van der Waals surface area contributed by atoms with E-state index in [0.717, 1.165) is 16.6 Å². The van der Waals surface area contributed by atoms with Crippen LogP contribution >= 0.6 is 0 Å². The number of azo groups is 1. The second kappa shape index (κ2) is 4.29. The molecule has 0 unspecified atom stereocenters. The molecule has 0 atom stereocenters. The quantitative estimate of drug-likeness (QED) is 0.668. The van der Waals surface area contributed by atoms with E-state index >= 15 is 0 Å². The van der Waals surface area contributed by atoms with Crippen LogP contribution in [0.4, 0.5) is 11.4 Å². The lowest BCUT2D eigenvalue weighted by molar-refractivity contribution is 0.475. The predicted molar refractivity (Wildman–Crippen MR) is 68.4 cm³/mol. The third-order valence-corrected chi connectivity index (χ3v) is 2.55. The number of H-pyrrole nitrogens is 1. The molecule has 18 heavy (non-hydrogen) atoms. The Labute approximate surface area is 103 Å². The molecule has 0 aliphatic rings. The lowest BCUT2D eigenvalue weighted by atomic mass is 10.2. The van der Waals surface area contributed by atoms with Gasteiger partial charge in [0.2, 0.25) is 0 Å². The Morgan fingerprint density at radius 3 is 2.50 bits per heavy atom. The maximum atomic E-state index is 9.15. The first kappa shape index (κ1) is 10.5. The van der Waals surface area contributed by atoms with Crippen LogP contribution in [0.15, 0.2) is 58.9 Å². The van der Waals surface area contributed by atoms with E-state index in [1.807, 2.05) is 18.2 Å². The summed E-state index contributed by atoms with van der Waals surface area (Å²) in [7, 11) is 0. The molecular formula is C13H10N4O. The summed E-state index contributed by atoms with van der Waals surface area (Å²) in [5, 5.41) is 25.2. The van der Waals surface area contributed by atoms with Crippen molar-refractivity contribution < 1.29 is 5.11 Å². The summed E-state index contributed by atoms with van der Waals surface area (Å²) >= 11 is 0. The summed E-state index contributed by atoms with van der Waals surface area (Å²) in [6.45, 7) is 0. The number of nitrogens with zero attached hydrogens (tertiary/aromatic N) is 3. The zero-order valence-corrected chi connectivity index (χ0v) is 9.41. The minimum Gasteiger partial charge on any atom is -0.508 e. The van der Waals surface area contributed by atoms with Crippen LogP contribution in [0.25, 0.3) is 10.9 Å². The molecule has 5 nitrogen and oxygen atoms in total. The van der Waals surface area contributed by atoms with Crippen molar-refractivity contribution in [2.75, 3.05) is 0 Å². The van der Waals surface area contributed by atoms with E-state index < -0.39 is 0 Å². The molecule has 1 heterocycles. The first-order valence-electron chi connectivity index (χ1n) is 5.45. The fraction of sp³-hybridized carbons (Fsp3) is 0. The number of phenols is 1. The van der Waals surface area contributed by atoms with Gasteiger partial charge < -0.3 is 5.11 Å². The molecular weight excluding hydrogens is 228 g/mol. The summed E-state index contributed by atoms with van der Waals surface area (Å²) < 4.78 is 0. The molecule has 1 aromatic heterocycles. The minimum atomic E-state index is 0.216. The van der Waals surface area contributed by atoms with Crippen LogP contribution in [0.5, 0.6) is 5.75 Å². The third-order valence-electron chi connectivity index (χ3n) is 2.55. The van der Waals surface area contributed by atoms with Crippen LogP contribution in [0.3, 0.4) is 0 Å². The highest BCUT2D eigenvalue weighted by Gasteiger charge is 1.97. The number of aromatic nitrogens is 2. The smallest absolute Gasteiger partial charge is 0.115 e. The Balaban J connectivity index is 1.88. The van der Waals surface area contributed by atoms with Crippen LogP contribution in [0.2, 0.25) is 0 Å². The molecule has 0 fully saturated rings. The fourth-order valence-electron chi connectivity index (χ4n) is 1.63. The third kappa shape index (κ3) is 2.06. The minimum absolute atomic E-state index is 0.216. The van der Waals surface area contributed by atoms with Crippen molar-refractivity contribution in [1.29, 1.82) is 0 Å². The Bertz CT molecular complexity index is 700. The summed E-state index contributed by atoms with van der Waals surface area (Å²) in [6, 6.07) is 12.2. The van der Waals surface area contributed by atoms with Gasteiger partial charge in [0.15, 0.2) is 0 Å². The van der Waals surface area contributed by atoms with E-state index in [4.69, 9.17) is 5.11 Å². The second-order valence-electron chi connectivity index (χ2n) is 3.86. The van der Waals surface area contributed by atoms with Gasteiger partial charge in [-0.05, 0) is 42.5 Å². The standard InChI is InChI=1S/C13H10N4O/c18-12-4-1-10(2-5-12)15-16-11-3-6-13-9(7-11)8-14-17-13/h1-8,18H,(H,14,17). The molecule has 0 amide bonds. The van der Waals surface area contributed by atoms with E-state index in [1.165, 1.54) is 0 Å². The molecule has 0 aliphatic carbocycles. The van der Waals surface area contributed by atoms with Gasteiger partial charge in [-0.15, -0.1) is 0 Å². The number of benzene rings is 2. The maximum absolute atomic E-state index is 9.15. The number of nitrogens with one attached hydrogen (secondary N) is 1. The Morgan fingerprint density at radius 2 is 1.67 bits per heavy atom. The zero-order valence-electron chi connectivity index (χ0n) is 9.41. The van der Waals surface area contributed by atoms with Crippen molar-refractivity contribution in [2.24, 2.45) is 10.2 Å². The fourth-order valence-corrected chi connectivity index (χ4v) is 1.63. The van der Waals surface area contributed by atoms with Crippen LogP contribution in [-0.2, 0) is 0 Å². The molecule has 0 bridgehead atoms. The van der Waals surface area contributed by atoms with E-state index in [0.29, 0.717) is 5.69 Å². The van der Waals surface area contributed by atoms with Gasteiger partial charge in [0, 0.05) is 5.39 Å². The topological polar surface area (TPSA) is 73.6 Å². The molecule has 0 saturated carbocycles. The largest absolute Gasteiger partial charge is 0.508 e. The summed E-state index contributed by atoms with van der Waals surface area (Å²) in [4.78, 5) is 0. The molecule has 0 spiro atoms. The number of fused-ring (bicyclic) bond motifs is 1. The van der Waals surface area contributed by atoms with E-state index in [1.54, 1.807) is 30.5 Å². The van der Waals surface area contributed by atoms with Gasteiger partial charge in [-0.2, -0.15) is 15.3 Å². The van der Waals surface area contributed by atoms with Gasteiger partial charge in [-0.3, -0.25) is 5.10 Å². The van der Waals surface area contributed by atoms with Gasteiger partial charge in [-0.25, -0.2) is 0 Å². The van der Waals surface area contributed by atoms with Gasteiger partial charge in [-0.1, -0.05) is 0 Å². The molecule has 3 aromatic rings. The number of phenolic OH excluding ortho intramolecular Hbond substituents is 1. The molecule has 88 valence electrons. The van der Waals surface area contributed by atoms with E-state index in [2.05, 4.69) is 20.4 Å². The second-order valence-corrected chi connectivity index (χ2v) is 3.86. The SMILES string of the molecule is Oc1ccc(N=Nc2ccc3[nH]ncc3c2)cc1.